The molecule has 0 aliphatic heterocycles. The topological polar surface area (TPSA) is 64.3 Å². The molecule has 1 aromatic rings. The number of amides is 1. The third-order valence-corrected chi connectivity index (χ3v) is 3.80. The fourth-order valence-corrected chi connectivity index (χ4v) is 1.90. The molecule has 5 heteroatoms. The van der Waals surface area contributed by atoms with Crippen LogP contribution in [0.15, 0.2) is 18.2 Å². The highest BCUT2D eigenvalue weighted by molar-refractivity contribution is 6.32. The molecule has 0 saturated heterocycles. The normalized spacial score (nSPS) is 14.4. The molecule has 0 spiro atoms. The van der Waals surface area contributed by atoms with Crippen LogP contribution >= 0.6 is 11.6 Å². The van der Waals surface area contributed by atoms with Gasteiger partial charge in [0.25, 0.3) is 5.91 Å². The first-order chi connectivity index (χ1) is 9.66. The molecule has 0 aromatic heterocycles. The van der Waals surface area contributed by atoms with Crippen molar-refractivity contribution < 1.29 is 9.53 Å². The van der Waals surface area contributed by atoms with Crippen LogP contribution in [0, 0.1) is 0 Å². The highest BCUT2D eigenvalue weighted by Gasteiger charge is 2.23. The van der Waals surface area contributed by atoms with Gasteiger partial charge in [0.15, 0.2) is 6.10 Å². The van der Waals surface area contributed by atoms with E-state index in [9.17, 15) is 4.79 Å². The number of nitrogens with one attached hydrogen (secondary N) is 1. The summed E-state index contributed by atoms with van der Waals surface area (Å²) in [6, 6.07) is 5.27. The molecule has 1 unspecified atom stereocenters. The lowest BCUT2D eigenvalue weighted by Gasteiger charge is -2.26. The van der Waals surface area contributed by atoms with Crippen LogP contribution in [0.1, 0.15) is 52.6 Å². The molecule has 0 saturated carbocycles. The number of benzene rings is 1. The van der Waals surface area contributed by atoms with Crippen LogP contribution < -0.4 is 15.8 Å². The number of halogens is 1. The minimum Gasteiger partial charge on any atom is -0.479 e. The Hall–Kier alpha value is -1.26. The van der Waals surface area contributed by atoms with Crippen LogP contribution in [0.2, 0.25) is 5.02 Å². The van der Waals surface area contributed by atoms with Crippen molar-refractivity contribution in [3.8, 4) is 5.75 Å². The maximum absolute atomic E-state index is 12.1. The van der Waals surface area contributed by atoms with E-state index < -0.39 is 6.10 Å². The standard InChI is InChI=1S/C16H25ClN2O2/c1-6-16(4,5)19-15(20)11(3)21-14-8-7-12(10(2)18)9-13(14)17/h7-11H,6,18H2,1-5H3,(H,19,20)/t10-,11?/m0/s1. The van der Waals surface area contributed by atoms with Crippen molar-refractivity contribution in [1.82, 2.24) is 5.32 Å². The number of nitrogens with two attached hydrogens (primary N) is 1. The average molecular weight is 313 g/mol. The Balaban J connectivity index is 2.75. The number of carbonyl (C=O) groups is 1. The van der Waals surface area contributed by atoms with E-state index in [4.69, 9.17) is 22.1 Å². The Morgan fingerprint density at radius 3 is 2.52 bits per heavy atom. The highest BCUT2D eigenvalue weighted by atomic mass is 35.5. The Labute approximate surface area is 132 Å². The van der Waals surface area contributed by atoms with Crippen molar-refractivity contribution in [2.24, 2.45) is 5.73 Å². The second-order valence-electron chi connectivity index (χ2n) is 5.97. The van der Waals surface area contributed by atoms with E-state index in [2.05, 4.69) is 5.32 Å². The van der Waals surface area contributed by atoms with Crippen molar-refractivity contribution in [2.45, 2.75) is 58.7 Å². The lowest BCUT2D eigenvalue weighted by molar-refractivity contribution is -0.128. The monoisotopic (exact) mass is 312 g/mol. The van der Waals surface area contributed by atoms with Gasteiger partial charge in [0.1, 0.15) is 5.75 Å². The van der Waals surface area contributed by atoms with Crippen LogP contribution in [0.5, 0.6) is 5.75 Å². The van der Waals surface area contributed by atoms with Crippen molar-refractivity contribution in [3.05, 3.63) is 28.8 Å². The average Bonchev–Trinajstić information content (AvgIpc) is 2.40. The van der Waals surface area contributed by atoms with Crippen LogP contribution in [0.3, 0.4) is 0 Å². The van der Waals surface area contributed by atoms with Crippen molar-refractivity contribution in [2.75, 3.05) is 0 Å². The summed E-state index contributed by atoms with van der Waals surface area (Å²) in [7, 11) is 0. The van der Waals surface area contributed by atoms with E-state index in [1.165, 1.54) is 0 Å². The molecular formula is C16H25ClN2O2. The van der Waals surface area contributed by atoms with Crippen LogP contribution in [-0.2, 0) is 4.79 Å². The van der Waals surface area contributed by atoms with Gasteiger partial charge in [-0.15, -0.1) is 0 Å². The molecule has 118 valence electrons. The Morgan fingerprint density at radius 2 is 2.05 bits per heavy atom. The molecule has 0 aliphatic rings. The molecule has 21 heavy (non-hydrogen) atoms. The van der Waals surface area contributed by atoms with Crippen molar-refractivity contribution in [3.63, 3.8) is 0 Å². The quantitative estimate of drug-likeness (QED) is 0.845. The molecule has 0 radical (unpaired) electrons. The number of ether oxygens (including phenoxy) is 1. The zero-order valence-corrected chi connectivity index (χ0v) is 14.1. The molecule has 0 bridgehead atoms. The fraction of sp³-hybridized carbons (Fsp3) is 0.562. The Morgan fingerprint density at radius 1 is 1.43 bits per heavy atom. The predicted molar refractivity (Wildman–Crippen MR) is 86.7 cm³/mol. The van der Waals surface area contributed by atoms with Crippen LogP contribution in [0.25, 0.3) is 0 Å². The lowest BCUT2D eigenvalue weighted by Crippen LogP contribution is -2.48. The third kappa shape index (κ3) is 5.21. The molecule has 0 aliphatic carbocycles. The van der Waals surface area contributed by atoms with Crippen molar-refractivity contribution >= 4 is 17.5 Å². The van der Waals surface area contributed by atoms with Crippen LogP contribution in [-0.4, -0.2) is 17.6 Å². The number of rotatable bonds is 6. The first kappa shape index (κ1) is 17.8. The lowest BCUT2D eigenvalue weighted by atomic mass is 10.0. The van der Waals surface area contributed by atoms with Gasteiger partial charge in [-0.05, 0) is 51.8 Å². The molecular weight excluding hydrogens is 288 g/mol. The minimum atomic E-state index is -0.616. The SMILES string of the molecule is CCC(C)(C)NC(=O)C(C)Oc1ccc([C@H](C)N)cc1Cl. The first-order valence-electron chi connectivity index (χ1n) is 7.20. The maximum atomic E-state index is 12.1. The maximum Gasteiger partial charge on any atom is 0.261 e. The molecule has 1 rings (SSSR count). The summed E-state index contributed by atoms with van der Waals surface area (Å²) in [6.45, 7) is 9.56. The summed E-state index contributed by atoms with van der Waals surface area (Å²) < 4.78 is 5.65. The summed E-state index contributed by atoms with van der Waals surface area (Å²) in [5.74, 6) is 0.326. The molecule has 1 aromatic carbocycles. The predicted octanol–water partition coefficient (Wildman–Crippen LogP) is 3.43. The van der Waals surface area contributed by atoms with E-state index >= 15 is 0 Å². The van der Waals surface area contributed by atoms with Gasteiger partial charge in [-0.3, -0.25) is 4.79 Å². The summed E-state index contributed by atoms with van der Waals surface area (Å²) in [4.78, 5) is 12.1. The first-order valence-corrected chi connectivity index (χ1v) is 7.57. The van der Waals surface area contributed by atoms with Gasteiger partial charge in [-0.2, -0.15) is 0 Å². The number of hydrogen-bond donors (Lipinski definition) is 2. The molecule has 1 amide bonds. The molecule has 2 atom stereocenters. The summed E-state index contributed by atoms with van der Waals surface area (Å²) in [6.07, 6.45) is 0.226. The zero-order chi connectivity index (χ0) is 16.2. The van der Waals surface area contributed by atoms with Gasteiger partial charge >= 0.3 is 0 Å². The number of carbonyl (C=O) groups excluding carboxylic acids is 1. The number of hydrogen-bond acceptors (Lipinski definition) is 3. The molecule has 3 N–H and O–H groups in total. The van der Waals surface area contributed by atoms with E-state index in [1.54, 1.807) is 19.1 Å². The smallest absolute Gasteiger partial charge is 0.261 e. The van der Waals surface area contributed by atoms with Gasteiger partial charge < -0.3 is 15.8 Å². The summed E-state index contributed by atoms with van der Waals surface area (Å²) in [5, 5.41) is 3.41. The molecule has 0 heterocycles. The van der Waals surface area contributed by atoms with Gasteiger partial charge in [-0.1, -0.05) is 24.6 Å². The van der Waals surface area contributed by atoms with E-state index in [0.29, 0.717) is 10.8 Å². The van der Waals surface area contributed by atoms with Gasteiger partial charge in [0, 0.05) is 11.6 Å². The molecule has 0 fully saturated rings. The zero-order valence-electron chi connectivity index (χ0n) is 13.4. The Bertz CT molecular complexity index is 501. The highest BCUT2D eigenvalue weighted by Crippen LogP contribution is 2.28. The summed E-state index contributed by atoms with van der Waals surface area (Å²) >= 11 is 6.17. The van der Waals surface area contributed by atoms with Crippen LogP contribution in [0.4, 0.5) is 0 Å². The minimum absolute atomic E-state index is 0.0948. The van der Waals surface area contributed by atoms with Gasteiger partial charge in [-0.25, -0.2) is 0 Å². The van der Waals surface area contributed by atoms with E-state index in [1.807, 2.05) is 33.8 Å². The van der Waals surface area contributed by atoms with Gasteiger partial charge in [0.2, 0.25) is 0 Å². The van der Waals surface area contributed by atoms with Crippen molar-refractivity contribution in [1.29, 1.82) is 0 Å². The van der Waals surface area contributed by atoms with E-state index in [-0.39, 0.29) is 17.5 Å². The largest absolute Gasteiger partial charge is 0.479 e. The second kappa shape index (κ2) is 7.14. The summed E-state index contributed by atoms with van der Waals surface area (Å²) in [5.41, 5.74) is 6.48. The van der Waals surface area contributed by atoms with E-state index in [0.717, 1.165) is 12.0 Å². The van der Waals surface area contributed by atoms with Gasteiger partial charge in [0.05, 0.1) is 5.02 Å². The third-order valence-electron chi connectivity index (χ3n) is 3.50. The Kier molecular flexibility index (Phi) is 6.05. The fourth-order valence-electron chi connectivity index (χ4n) is 1.66. The second-order valence-corrected chi connectivity index (χ2v) is 6.37. The molecule has 4 nitrogen and oxygen atoms in total.